The highest BCUT2D eigenvalue weighted by atomic mass is 16.5. The predicted octanol–water partition coefficient (Wildman–Crippen LogP) is 2.85. The second-order valence-electron chi connectivity index (χ2n) is 4.23. The fraction of sp³-hybridized carbons (Fsp3) is 0. The van der Waals surface area contributed by atoms with Crippen LogP contribution in [0.5, 0.6) is 11.5 Å². The van der Waals surface area contributed by atoms with Crippen LogP contribution in [-0.2, 0) is 0 Å². The molecule has 21 heavy (non-hydrogen) atoms. The SMILES string of the molecule is O=C(Nc1ccc(Oc2ccccc2)cc1)c1ncn[nH]1. The topological polar surface area (TPSA) is 79.9 Å². The third kappa shape index (κ3) is 3.24. The fourth-order valence-electron chi connectivity index (χ4n) is 1.74. The van der Waals surface area contributed by atoms with Gasteiger partial charge in [-0.25, -0.2) is 4.98 Å². The number of rotatable bonds is 4. The third-order valence-electron chi connectivity index (χ3n) is 2.72. The number of aromatic nitrogens is 3. The first-order valence-corrected chi connectivity index (χ1v) is 6.31. The molecule has 1 heterocycles. The maximum atomic E-state index is 11.8. The second kappa shape index (κ2) is 5.87. The molecule has 6 nitrogen and oxygen atoms in total. The lowest BCUT2D eigenvalue weighted by Gasteiger charge is -2.07. The zero-order valence-corrected chi connectivity index (χ0v) is 11.0. The van der Waals surface area contributed by atoms with Crippen molar-refractivity contribution in [2.45, 2.75) is 0 Å². The highest BCUT2D eigenvalue weighted by Gasteiger charge is 2.08. The Morgan fingerprint density at radius 3 is 2.38 bits per heavy atom. The Labute approximate surface area is 120 Å². The van der Waals surface area contributed by atoms with E-state index in [0.717, 1.165) is 5.75 Å². The maximum absolute atomic E-state index is 11.8. The number of nitrogens with zero attached hydrogens (tertiary/aromatic N) is 2. The average Bonchev–Trinajstić information content (AvgIpc) is 3.05. The number of anilines is 1. The highest BCUT2D eigenvalue weighted by Crippen LogP contribution is 2.22. The molecule has 2 N–H and O–H groups in total. The molecule has 0 aliphatic carbocycles. The molecule has 0 atom stereocenters. The number of hydrogen-bond acceptors (Lipinski definition) is 4. The molecule has 0 unspecified atom stereocenters. The van der Waals surface area contributed by atoms with E-state index in [1.807, 2.05) is 30.3 Å². The highest BCUT2D eigenvalue weighted by molar-refractivity contribution is 6.01. The summed E-state index contributed by atoms with van der Waals surface area (Å²) >= 11 is 0. The lowest BCUT2D eigenvalue weighted by Crippen LogP contribution is -2.13. The molecule has 0 spiro atoms. The molecule has 6 heteroatoms. The Bertz CT molecular complexity index is 709. The van der Waals surface area contributed by atoms with Gasteiger partial charge in [0.25, 0.3) is 5.91 Å². The van der Waals surface area contributed by atoms with Crippen LogP contribution in [0.2, 0.25) is 0 Å². The average molecular weight is 280 g/mol. The van der Waals surface area contributed by atoms with Crippen molar-refractivity contribution in [3.63, 3.8) is 0 Å². The summed E-state index contributed by atoms with van der Waals surface area (Å²) in [5, 5.41) is 8.84. The lowest BCUT2D eigenvalue weighted by atomic mass is 10.3. The monoisotopic (exact) mass is 280 g/mol. The maximum Gasteiger partial charge on any atom is 0.292 e. The Balaban J connectivity index is 1.65. The van der Waals surface area contributed by atoms with Gasteiger partial charge in [-0.2, -0.15) is 5.10 Å². The van der Waals surface area contributed by atoms with Crippen LogP contribution < -0.4 is 10.1 Å². The molecule has 0 fully saturated rings. The molecule has 0 aliphatic rings. The molecule has 3 aromatic rings. The molecule has 104 valence electrons. The van der Waals surface area contributed by atoms with Gasteiger partial charge in [-0.3, -0.25) is 9.89 Å². The molecule has 0 aliphatic heterocycles. The number of aromatic amines is 1. The smallest absolute Gasteiger partial charge is 0.292 e. The van der Waals surface area contributed by atoms with Crippen LogP contribution in [0.1, 0.15) is 10.6 Å². The zero-order chi connectivity index (χ0) is 14.5. The van der Waals surface area contributed by atoms with E-state index >= 15 is 0 Å². The molecule has 2 aromatic carbocycles. The van der Waals surface area contributed by atoms with E-state index in [9.17, 15) is 4.79 Å². The van der Waals surface area contributed by atoms with Gasteiger partial charge in [-0.05, 0) is 36.4 Å². The summed E-state index contributed by atoms with van der Waals surface area (Å²) in [6, 6.07) is 16.6. The normalized spacial score (nSPS) is 10.1. The summed E-state index contributed by atoms with van der Waals surface area (Å²) in [6.45, 7) is 0. The number of para-hydroxylation sites is 1. The summed E-state index contributed by atoms with van der Waals surface area (Å²) in [5.74, 6) is 1.28. The van der Waals surface area contributed by atoms with Crippen LogP contribution in [0.15, 0.2) is 60.9 Å². The Morgan fingerprint density at radius 1 is 1.00 bits per heavy atom. The van der Waals surface area contributed by atoms with Gasteiger partial charge < -0.3 is 10.1 Å². The lowest BCUT2D eigenvalue weighted by molar-refractivity contribution is 0.101. The molecule has 0 bridgehead atoms. The van der Waals surface area contributed by atoms with Gasteiger partial charge in [-0.15, -0.1) is 0 Å². The van der Waals surface area contributed by atoms with Gasteiger partial charge in [0.05, 0.1) is 0 Å². The zero-order valence-electron chi connectivity index (χ0n) is 11.0. The number of ether oxygens (including phenoxy) is 1. The third-order valence-corrected chi connectivity index (χ3v) is 2.72. The molecule has 3 rings (SSSR count). The number of H-pyrrole nitrogens is 1. The van der Waals surface area contributed by atoms with Crippen LogP contribution in [0, 0.1) is 0 Å². The van der Waals surface area contributed by atoms with Crippen molar-refractivity contribution >= 4 is 11.6 Å². The number of hydrogen-bond donors (Lipinski definition) is 2. The van der Waals surface area contributed by atoms with Crippen molar-refractivity contribution in [3.8, 4) is 11.5 Å². The minimum absolute atomic E-state index is 0.166. The first-order valence-electron chi connectivity index (χ1n) is 6.31. The van der Waals surface area contributed by atoms with Gasteiger partial charge in [0.15, 0.2) is 0 Å². The molecule has 1 aromatic heterocycles. The molecule has 0 saturated heterocycles. The first-order chi connectivity index (χ1) is 10.3. The minimum atomic E-state index is -0.343. The number of carbonyl (C=O) groups is 1. The van der Waals surface area contributed by atoms with Gasteiger partial charge in [0.1, 0.15) is 17.8 Å². The number of carbonyl (C=O) groups excluding carboxylic acids is 1. The van der Waals surface area contributed by atoms with Crippen LogP contribution >= 0.6 is 0 Å². The molecular formula is C15H12N4O2. The Kier molecular flexibility index (Phi) is 3.60. The van der Waals surface area contributed by atoms with E-state index in [4.69, 9.17) is 4.74 Å². The van der Waals surface area contributed by atoms with Gasteiger partial charge in [0, 0.05) is 5.69 Å². The quantitative estimate of drug-likeness (QED) is 0.770. The van der Waals surface area contributed by atoms with Crippen LogP contribution in [0.25, 0.3) is 0 Å². The van der Waals surface area contributed by atoms with E-state index in [-0.39, 0.29) is 11.7 Å². The molecule has 0 saturated carbocycles. The van der Waals surface area contributed by atoms with Crippen molar-refractivity contribution in [2.75, 3.05) is 5.32 Å². The van der Waals surface area contributed by atoms with E-state index in [2.05, 4.69) is 20.5 Å². The predicted molar refractivity (Wildman–Crippen MR) is 77.3 cm³/mol. The summed E-state index contributed by atoms with van der Waals surface area (Å²) in [7, 11) is 0. The Morgan fingerprint density at radius 2 is 1.71 bits per heavy atom. The number of amides is 1. The van der Waals surface area contributed by atoms with Crippen LogP contribution in [-0.4, -0.2) is 21.1 Å². The fourth-order valence-corrected chi connectivity index (χ4v) is 1.74. The van der Waals surface area contributed by atoms with Crippen molar-refractivity contribution < 1.29 is 9.53 Å². The Hall–Kier alpha value is -3.15. The van der Waals surface area contributed by atoms with Gasteiger partial charge in [0.2, 0.25) is 5.82 Å². The standard InChI is InChI=1S/C15H12N4O2/c20-15(14-16-10-17-19-14)18-11-6-8-13(9-7-11)21-12-4-2-1-3-5-12/h1-10H,(H,18,20)(H,16,17,19). The molecule has 0 radical (unpaired) electrons. The van der Waals surface area contributed by atoms with Crippen molar-refractivity contribution in [1.29, 1.82) is 0 Å². The molecular weight excluding hydrogens is 268 g/mol. The van der Waals surface area contributed by atoms with Gasteiger partial charge in [-0.1, -0.05) is 18.2 Å². The minimum Gasteiger partial charge on any atom is -0.457 e. The van der Waals surface area contributed by atoms with E-state index in [0.29, 0.717) is 11.4 Å². The molecule has 1 amide bonds. The van der Waals surface area contributed by atoms with E-state index in [1.54, 1.807) is 24.3 Å². The van der Waals surface area contributed by atoms with Crippen LogP contribution in [0.4, 0.5) is 5.69 Å². The second-order valence-corrected chi connectivity index (χ2v) is 4.23. The van der Waals surface area contributed by atoms with Crippen molar-refractivity contribution in [2.24, 2.45) is 0 Å². The largest absolute Gasteiger partial charge is 0.457 e. The van der Waals surface area contributed by atoms with Crippen LogP contribution in [0.3, 0.4) is 0 Å². The van der Waals surface area contributed by atoms with E-state index in [1.165, 1.54) is 6.33 Å². The number of benzene rings is 2. The van der Waals surface area contributed by atoms with Crippen molar-refractivity contribution in [3.05, 3.63) is 66.7 Å². The van der Waals surface area contributed by atoms with Gasteiger partial charge >= 0.3 is 0 Å². The first kappa shape index (κ1) is 12.9. The van der Waals surface area contributed by atoms with Crippen molar-refractivity contribution in [1.82, 2.24) is 15.2 Å². The summed E-state index contributed by atoms with van der Waals surface area (Å²) < 4.78 is 5.67. The van der Waals surface area contributed by atoms with E-state index < -0.39 is 0 Å². The summed E-state index contributed by atoms with van der Waals surface area (Å²) in [5.41, 5.74) is 0.650. The summed E-state index contributed by atoms with van der Waals surface area (Å²) in [6.07, 6.45) is 1.28. The number of nitrogens with one attached hydrogen (secondary N) is 2. The summed E-state index contributed by atoms with van der Waals surface area (Å²) in [4.78, 5) is 15.6.